The fraction of sp³-hybridized carbons (Fsp3) is 0.750. The van der Waals surface area contributed by atoms with E-state index in [0.29, 0.717) is 11.2 Å². The first-order chi connectivity index (χ1) is 8.91. The number of hydrogen-bond donors (Lipinski definition) is 1. The molecule has 1 heterocycles. The Hall–Kier alpha value is -1.08. The summed E-state index contributed by atoms with van der Waals surface area (Å²) >= 11 is 1.22. The summed E-state index contributed by atoms with van der Waals surface area (Å²) in [5, 5.41) is 17.4. The molecule has 0 aromatic carbocycles. The molecular formula is C12H22N4O2S. The number of hydrogen-bond acceptors (Lipinski definition) is 5. The Morgan fingerprint density at radius 2 is 2.16 bits per heavy atom. The number of aromatic nitrogens is 3. The number of nitrogens with zero attached hydrogens (tertiary/aromatic N) is 4. The zero-order chi connectivity index (χ0) is 14.4. The van der Waals surface area contributed by atoms with Gasteiger partial charge in [0.2, 0.25) is 0 Å². The molecule has 0 atom stereocenters. The van der Waals surface area contributed by atoms with Gasteiger partial charge in [-0.2, -0.15) is 0 Å². The van der Waals surface area contributed by atoms with Crippen molar-refractivity contribution < 1.29 is 9.90 Å². The van der Waals surface area contributed by atoms with Gasteiger partial charge in [0.15, 0.2) is 5.16 Å². The molecule has 0 aliphatic carbocycles. The minimum atomic E-state index is -0.836. The van der Waals surface area contributed by atoms with Gasteiger partial charge in [0.05, 0.1) is 5.75 Å². The van der Waals surface area contributed by atoms with Crippen LogP contribution in [0.2, 0.25) is 0 Å². The molecule has 0 aliphatic heterocycles. The first-order valence-electron chi connectivity index (χ1n) is 6.36. The predicted octanol–water partition coefficient (Wildman–Crippen LogP) is 1.49. The fourth-order valence-corrected chi connectivity index (χ4v) is 2.32. The number of carboxylic acid groups (broad SMARTS) is 1. The number of carbonyl (C=O) groups is 1. The van der Waals surface area contributed by atoms with Gasteiger partial charge in [-0.15, -0.1) is 10.2 Å². The molecule has 0 spiro atoms. The van der Waals surface area contributed by atoms with Crippen molar-refractivity contribution in [1.29, 1.82) is 0 Å². The molecule has 0 amide bonds. The van der Waals surface area contributed by atoms with Crippen molar-refractivity contribution in [3.05, 3.63) is 5.82 Å². The number of rotatable bonds is 8. The van der Waals surface area contributed by atoms with Gasteiger partial charge in [-0.25, -0.2) is 0 Å². The molecule has 0 fully saturated rings. The van der Waals surface area contributed by atoms with E-state index < -0.39 is 5.97 Å². The van der Waals surface area contributed by atoms with Crippen molar-refractivity contribution in [3.8, 4) is 0 Å². The molecule has 0 aliphatic rings. The van der Waals surface area contributed by atoms with E-state index in [4.69, 9.17) is 5.11 Å². The minimum Gasteiger partial charge on any atom is -0.481 e. The van der Waals surface area contributed by atoms with Crippen LogP contribution in [-0.4, -0.2) is 56.1 Å². The van der Waals surface area contributed by atoms with Crippen LogP contribution in [-0.2, 0) is 11.3 Å². The van der Waals surface area contributed by atoms with Crippen molar-refractivity contribution in [2.75, 3.05) is 19.3 Å². The van der Waals surface area contributed by atoms with Gasteiger partial charge < -0.3 is 14.6 Å². The molecule has 0 saturated carbocycles. The highest BCUT2D eigenvalue weighted by Gasteiger charge is 2.11. The summed E-state index contributed by atoms with van der Waals surface area (Å²) in [6, 6.07) is 0.530. The second kappa shape index (κ2) is 7.49. The molecule has 1 aromatic rings. The molecular weight excluding hydrogens is 264 g/mol. The molecule has 0 saturated heterocycles. The van der Waals surface area contributed by atoms with Crippen LogP contribution in [0.4, 0.5) is 0 Å². The van der Waals surface area contributed by atoms with Crippen LogP contribution in [0.3, 0.4) is 0 Å². The maximum Gasteiger partial charge on any atom is 0.313 e. The Balaban J connectivity index is 2.52. The third kappa shape index (κ3) is 5.20. The number of thioether (sulfide) groups is 1. The van der Waals surface area contributed by atoms with Crippen molar-refractivity contribution in [2.24, 2.45) is 0 Å². The average molecular weight is 286 g/mol. The van der Waals surface area contributed by atoms with E-state index in [-0.39, 0.29) is 5.75 Å². The molecule has 19 heavy (non-hydrogen) atoms. The largest absolute Gasteiger partial charge is 0.481 e. The monoisotopic (exact) mass is 286 g/mol. The van der Waals surface area contributed by atoms with E-state index in [2.05, 4.69) is 36.0 Å². The summed E-state index contributed by atoms with van der Waals surface area (Å²) in [5.41, 5.74) is 0. The Morgan fingerprint density at radius 1 is 1.47 bits per heavy atom. The van der Waals surface area contributed by atoms with Crippen molar-refractivity contribution in [3.63, 3.8) is 0 Å². The van der Waals surface area contributed by atoms with Gasteiger partial charge in [0, 0.05) is 12.6 Å². The summed E-state index contributed by atoms with van der Waals surface area (Å²) in [4.78, 5) is 12.9. The van der Waals surface area contributed by atoms with Crippen LogP contribution in [0.5, 0.6) is 0 Å². The summed E-state index contributed by atoms with van der Waals surface area (Å²) in [6.07, 6.45) is 0.994. The SMILES string of the molecule is Cc1nnc(SCC(=O)O)n1CCCN(C)C(C)C. The predicted molar refractivity (Wildman–Crippen MR) is 75.5 cm³/mol. The molecule has 0 bridgehead atoms. The molecule has 1 rings (SSSR count). The standard InChI is InChI=1S/C12H22N4O2S/c1-9(2)15(4)6-5-7-16-10(3)13-14-12(16)19-8-11(17)18/h9H,5-8H2,1-4H3,(H,17,18). The number of aliphatic carboxylic acids is 1. The maximum atomic E-state index is 10.6. The van der Waals surface area contributed by atoms with E-state index >= 15 is 0 Å². The molecule has 1 aromatic heterocycles. The first kappa shape index (κ1) is 16.0. The summed E-state index contributed by atoms with van der Waals surface area (Å²) in [5.74, 6) is 0.0150. The lowest BCUT2D eigenvalue weighted by Gasteiger charge is -2.21. The van der Waals surface area contributed by atoms with Crippen LogP contribution >= 0.6 is 11.8 Å². The number of aryl methyl sites for hydroxylation is 1. The Morgan fingerprint density at radius 3 is 2.74 bits per heavy atom. The normalized spacial score (nSPS) is 11.5. The summed E-state index contributed by atoms with van der Waals surface area (Å²) < 4.78 is 1.99. The highest BCUT2D eigenvalue weighted by Crippen LogP contribution is 2.17. The highest BCUT2D eigenvalue weighted by atomic mass is 32.2. The van der Waals surface area contributed by atoms with E-state index in [9.17, 15) is 4.79 Å². The second-order valence-electron chi connectivity index (χ2n) is 4.79. The maximum absolute atomic E-state index is 10.6. The first-order valence-corrected chi connectivity index (χ1v) is 7.35. The Bertz CT molecular complexity index is 420. The third-order valence-electron chi connectivity index (χ3n) is 3.00. The molecule has 6 nitrogen and oxygen atoms in total. The smallest absolute Gasteiger partial charge is 0.313 e. The van der Waals surface area contributed by atoms with Crippen LogP contribution in [0.1, 0.15) is 26.1 Å². The number of carboxylic acids is 1. The van der Waals surface area contributed by atoms with E-state index in [1.165, 1.54) is 11.8 Å². The van der Waals surface area contributed by atoms with Crippen molar-refractivity contribution in [2.45, 2.75) is 44.9 Å². The lowest BCUT2D eigenvalue weighted by molar-refractivity contribution is -0.133. The zero-order valence-electron chi connectivity index (χ0n) is 12.0. The lowest BCUT2D eigenvalue weighted by Crippen LogP contribution is -2.28. The average Bonchev–Trinajstić information content (AvgIpc) is 2.68. The van der Waals surface area contributed by atoms with Crippen molar-refractivity contribution in [1.82, 2.24) is 19.7 Å². The fourth-order valence-electron chi connectivity index (χ4n) is 1.59. The topological polar surface area (TPSA) is 71.2 Å². The van der Waals surface area contributed by atoms with Crippen LogP contribution in [0.15, 0.2) is 5.16 Å². The van der Waals surface area contributed by atoms with Gasteiger partial charge in [-0.1, -0.05) is 11.8 Å². The Labute approximate surface area is 118 Å². The zero-order valence-corrected chi connectivity index (χ0v) is 12.8. The van der Waals surface area contributed by atoms with Gasteiger partial charge >= 0.3 is 5.97 Å². The van der Waals surface area contributed by atoms with E-state index in [1.807, 2.05) is 11.5 Å². The molecule has 108 valence electrons. The summed E-state index contributed by atoms with van der Waals surface area (Å²) in [6.45, 7) is 8.04. The quantitative estimate of drug-likeness (QED) is 0.730. The van der Waals surface area contributed by atoms with Gasteiger partial charge in [-0.3, -0.25) is 4.79 Å². The highest BCUT2D eigenvalue weighted by molar-refractivity contribution is 7.99. The van der Waals surface area contributed by atoms with Crippen LogP contribution in [0, 0.1) is 6.92 Å². The lowest BCUT2D eigenvalue weighted by atomic mass is 10.3. The van der Waals surface area contributed by atoms with Crippen LogP contribution < -0.4 is 0 Å². The van der Waals surface area contributed by atoms with Gasteiger partial charge in [0.1, 0.15) is 5.82 Å². The van der Waals surface area contributed by atoms with Gasteiger partial charge in [-0.05, 0) is 40.8 Å². The second-order valence-corrected chi connectivity index (χ2v) is 5.73. The summed E-state index contributed by atoms with van der Waals surface area (Å²) in [7, 11) is 2.10. The molecule has 7 heteroatoms. The molecule has 0 radical (unpaired) electrons. The molecule has 0 unspecified atom stereocenters. The minimum absolute atomic E-state index is 0.0179. The van der Waals surface area contributed by atoms with Gasteiger partial charge in [0.25, 0.3) is 0 Å². The molecule has 1 N–H and O–H groups in total. The van der Waals surface area contributed by atoms with E-state index in [0.717, 1.165) is 25.3 Å². The Kier molecular flexibility index (Phi) is 6.30. The van der Waals surface area contributed by atoms with Crippen molar-refractivity contribution >= 4 is 17.7 Å². The van der Waals surface area contributed by atoms with Crippen LogP contribution in [0.25, 0.3) is 0 Å². The third-order valence-corrected chi connectivity index (χ3v) is 3.95. The van der Waals surface area contributed by atoms with E-state index in [1.54, 1.807) is 0 Å².